The van der Waals surface area contributed by atoms with Gasteiger partial charge in [-0.1, -0.05) is 20.3 Å². The highest BCUT2D eigenvalue weighted by Crippen LogP contribution is 2.32. The third-order valence-electron chi connectivity index (χ3n) is 5.63. The Morgan fingerprint density at radius 3 is 2.61 bits per heavy atom. The number of nitrogens with one attached hydrogen (secondary N) is 2. The predicted molar refractivity (Wildman–Crippen MR) is 126 cm³/mol. The number of nitrogens with zero attached hydrogens (tertiary/aromatic N) is 4. The van der Waals surface area contributed by atoms with Crippen molar-refractivity contribution in [1.82, 2.24) is 29.4 Å². The minimum absolute atomic E-state index is 0.144. The molecule has 4 rings (SSSR count). The molecule has 3 aromatic rings. The van der Waals surface area contributed by atoms with Gasteiger partial charge in [-0.15, -0.1) is 0 Å². The fourth-order valence-electron chi connectivity index (χ4n) is 4.01. The van der Waals surface area contributed by atoms with Crippen molar-refractivity contribution in [1.29, 1.82) is 0 Å². The molecule has 0 saturated carbocycles. The van der Waals surface area contributed by atoms with Gasteiger partial charge in [0.15, 0.2) is 5.52 Å². The molecule has 2 aromatic heterocycles. The topological polar surface area (TPSA) is 122 Å². The Morgan fingerprint density at radius 2 is 1.91 bits per heavy atom. The lowest BCUT2D eigenvalue weighted by Gasteiger charge is -2.27. The summed E-state index contributed by atoms with van der Waals surface area (Å²) in [5.74, 6) is 0.737. The number of aryl methyl sites for hydroxylation is 2. The fraction of sp³-hybridized carbons (Fsp3) is 0.500. The van der Waals surface area contributed by atoms with Crippen LogP contribution in [0, 0.1) is 0 Å². The first kappa shape index (κ1) is 23.4. The molecule has 0 aliphatic carbocycles. The summed E-state index contributed by atoms with van der Waals surface area (Å²) >= 11 is 0. The van der Waals surface area contributed by atoms with Crippen molar-refractivity contribution >= 4 is 21.1 Å². The number of rotatable bonds is 8. The number of ether oxygens (including phenoxy) is 1. The first-order valence-electron chi connectivity index (χ1n) is 11.3. The second kappa shape index (κ2) is 9.62. The van der Waals surface area contributed by atoms with E-state index in [1.165, 1.54) is 8.99 Å². The van der Waals surface area contributed by atoms with E-state index >= 15 is 0 Å². The second-order valence-electron chi connectivity index (χ2n) is 8.09. The lowest BCUT2D eigenvalue weighted by Crippen LogP contribution is -2.46. The molecule has 11 heteroatoms. The monoisotopic (exact) mass is 474 g/mol. The third-order valence-corrected chi connectivity index (χ3v) is 7.53. The van der Waals surface area contributed by atoms with Gasteiger partial charge in [0.05, 0.1) is 22.8 Å². The molecule has 1 fully saturated rings. The van der Waals surface area contributed by atoms with Crippen LogP contribution in [0.1, 0.15) is 32.4 Å². The van der Waals surface area contributed by atoms with E-state index in [4.69, 9.17) is 9.72 Å². The summed E-state index contributed by atoms with van der Waals surface area (Å²) in [5.41, 5.74) is 1.76. The minimum Gasteiger partial charge on any atom is -0.493 e. The highest BCUT2D eigenvalue weighted by atomic mass is 32.2. The van der Waals surface area contributed by atoms with Crippen LogP contribution in [-0.4, -0.2) is 65.3 Å². The molecule has 2 N–H and O–H groups in total. The van der Waals surface area contributed by atoms with Crippen LogP contribution in [0.15, 0.2) is 27.9 Å². The minimum atomic E-state index is -3.69. The highest BCUT2D eigenvalue weighted by Gasteiger charge is 2.27. The number of hydrogen-bond donors (Lipinski definition) is 2. The van der Waals surface area contributed by atoms with Crippen LogP contribution in [0.3, 0.4) is 0 Å². The number of piperazine rings is 1. The van der Waals surface area contributed by atoms with E-state index in [-0.39, 0.29) is 16.3 Å². The smallest absolute Gasteiger partial charge is 0.277 e. The summed E-state index contributed by atoms with van der Waals surface area (Å²) < 4.78 is 35.4. The largest absolute Gasteiger partial charge is 0.493 e. The molecule has 178 valence electrons. The molecular formula is C22H30N6O4S. The molecule has 3 heterocycles. The Bertz CT molecular complexity index is 1310. The number of benzene rings is 1. The SMILES string of the molecule is CCCOc1ccc(S(=O)(=O)N2CCNCC2)cc1-c1nc2c(CCC)nn(C)c2c(=O)[nH]1. The third kappa shape index (κ3) is 4.53. The van der Waals surface area contributed by atoms with Crippen LogP contribution in [0.25, 0.3) is 22.4 Å². The van der Waals surface area contributed by atoms with Crippen molar-refractivity contribution in [3.8, 4) is 17.1 Å². The van der Waals surface area contributed by atoms with Crippen molar-refractivity contribution in [2.24, 2.45) is 7.05 Å². The van der Waals surface area contributed by atoms with Gasteiger partial charge in [0.1, 0.15) is 17.1 Å². The fourth-order valence-corrected chi connectivity index (χ4v) is 5.47. The summed E-state index contributed by atoms with van der Waals surface area (Å²) in [5, 5.41) is 7.62. The molecule has 0 unspecified atom stereocenters. The Labute approximate surface area is 193 Å². The summed E-state index contributed by atoms with van der Waals surface area (Å²) in [4.78, 5) is 20.6. The van der Waals surface area contributed by atoms with Crippen molar-refractivity contribution < 1.29 is 13.2 Å². The molecule has 0 bridgehead atoms. The van der Waals surface area contributed by atoms with E-state index in [2.05, 4.69) is 15.4 Å². The number of hydrogen-bond acceptors (Lipinski definition) is 7. The van der Waals surface area contributed by atoms with Crippen LogP contribution in [0.2, 0.25) is 0 Å². The average molecular weight is 475 g/mol. The number of aromatic amines is 1. The Kier molecular flexibility index (Phi) is 6.82. The molecule has 0 radical (unpaired) electrons. The molecule has 0 atom stereocenters. The summed E-state index contributed by atoms with van der Waals surface area (Å²) in [6.07, 6.45) is 2.33. The summed E-state index contributed by atoms with van der Waals surface area (Å²) in [7, 11) is -1.98. The summed E-state index contributed by atoms with van der Waals surface area (Å²) in [6.45, 7) is 6.51. The van der Waals surface area contributed by atoms with E-state index in [0.717, 1.165) is 18.5 Å². The van der Waals surface area contributed by atoms with Gasteiger partial charge in [-0.3, -0.25) is 9.48 Å². The molecule has 10 nitrogen and oxygen atoms in total. The summed E-state index contributed by atoms with van der Waals surface area (Å²) in [6, 6.07) is 4.73. The predicted octanol–water partition coefficient (Wildman–Crippen LogP) is 1.66. The van der Waals surface area contributed by atoms with Crippen molar-refractivity contribution in [3.05, 3.63) is 34.2 Å². The van der Waals surface area contributed by atoms with Crippen LogP contribution in [0.4, 0.5) is 0 Å². The van der Waals surface area contributed by atoms with E-state index in [0.29, 0.717) is 61.6 Å². The molecule has 0 amide bonds. The van der Waals surface area contributed by atoms with Crippen LogP contribution >= 0.6 is 0 Å². The van der Waals surface area contributed by atoms with Gasteiger partial charge >= 0.3 is 0 Å². The van der Waals surface area contributed by atoms with Gasteiger partial charge in [0.2, 0.25) is 10.0 Å². The maximum absolute atomic E-state index is 13.3. The standard InChI is InChI=1S/C22H30N6O4S/c1-4-6-17-19-20(27(3)26-17)22(29)25-21(24-19)16-14-15(7-8-18(16)32-13-5-2)33(30,31)28-11-9-23-10-12-28/h7-8,14,23H,4-6,9-13H2,1-3H3,(H,24,25,29). The molecule has 1 aliphatic rings. The lowest BCUT2D eigenvalue weighted by molar-refractivity contribution is 0.318. The van der Waals surface area contributed by atoms with Crippen molar-refractivity contribution in [2.75, 3.05) is 32.8 Å². The molecule has 1 aliphatic heterocycles. The van der Waals surface area contributed by atoms with Gasteiger partial charge in [-0.2, -0.15) is 9.40 Å². The van der Waals surface area contributed by atoms with Crippen LogP contribution in [-0.2, 0) is 23.5 Å². The first-order chi connectivity index (χ1) is 15.9. The Morgan fingerprint density at radius 1 is 1.15 bits per heavy atom. The number of aromatic nitrogens is 4. The normalized spacial score (nSPS) is 15.2. The number of H-pyrrole nitrogens is 1. The molecule has 1 saturated heterocycles. The van der Waals surface area contributed by atoms with Gasteiger partial charge in [0, 0.05) is 33.2 Å². The Hall–Kier alpha value is -2.76. The molecular weight excluding hydrogens is 444 g/mol. The molecule has 0 spiro atoms. The Balaban J connectivity index is 1.87. The maximum Gasteiger partial charge on any atom is 0.277 e. The van der Waals surface area contributed by atoms with Crippen LogP contribution in [0.5, 0.6) is 5.75 Å². The highest BCUT2D eigenvalue weighted by molar-refractivity contribution is 7.89. The van der Waals surface area contributed by atoms with Gasteiger partial charge in [0.25, 0.3) is 5.56 Å². The van der Waals surface area contributed by atoms with Crippen LogP contribution < -0.4 is 15.6 Å². The zero-order valence-corrected chi connectivity index (χ0v) is 20.0. The van der Waals surface area contributed by atoms with Gasteiger partial charge in [-0.05, 0) is 31.0 Å². The van der Waals surface area contributed by atoms with E-state index in [1.807, 2.05) is 13.8 Å². The zero-order valence-electron chi connectivity index (χ0n) is 19.2. The average Bonchev–Trinajstić information content (AvgIpc) is 3.14. The van der Waals surface area contributed by atoms with Gasteiger partial charge < -0.3 is 15.0 Å². The zero-order chi connectivity index (χ0) is 23.6. The first-order valence-corrected chi connectivity index (χ1v) is 12.7. The van der Waals surface area contributed by atoms with E-state index in [9.17, 15) is 13.2 Å². The molecule has 33 heavy (non-hydrogen) atoms. The van der Waals surface area contributed by atoms with E-state index in [1.54, 1.807) is 25.2 Å². The lowest BCUT2D eigenvalue weighted by atomic mass is 10.1. The van der Waals surface area contributed by atoms with Crippen molar-refractivity contribution in [3.63, 3.8) is 0 Å². The van der Waals surface area contributed by atoms with Crippen molar-refractivity contribution in [2.45, 2.75) is 38.0 Å². The maximum atomic E-state index is 13.3. The number of sulfonamides is 1. The quantitative estimate of drug-likeness (QED) is 0.509. The number of fused-ring (bicyclic) bond motifs is 1. The second-order valence-corrected chi connectivity index (χ2v) is 10.0. The molecule has 1 aromatic carbocycles. The van der Waals surface area contributed by atoms with Gasteiger partial charge in [-0.25, -0.2) is 13.4 Å². The van der Waals surface area contributed by atoms with E-state index < -0.39 is 10.0 Å².